The summed E-state index contributed by atoms with van der Waals surface area (Å²) in [5.41, 5.74) is 1.03. The van der Waals surface area contributed by atoms with Crippen LogP contribution >= 0.6 is 15.9 Å². The SMILES string of the molecule is CCCCN(C)S(=O)(=O)c1ccc(C)c(Br)c1. The van der Waals surface area contributed by atoms with Gasteiger partial charge < -0.3 is 0 Å². The molecular weight excluding hydrogens is 302 g/mol. The molecule has 0 heterocycles. The Morgan fingerprint density at radius 1 is 1.35 bits per heavy atom. The van der Waals surface area contributed by atoms with Gasteiger partial charge in [-0.25, -0.2) is 12.7 Å². The maximum absolute atomic E-state index is 12.2. The van der Waals surface area contributed by atoms with E-state index in [1.54, 1.807) is 19.2 Å². The zero-order valence-electron chi connectivity index (χ0n) is 10.4. The largest absolute Gasteiger partial charge is 0.242 e. The lowest BCUT2D eigenvalue weighted by Gasteiger charge is -2.17. The predicted octanol–water partition coefficient (Wildman–Crippen LogP) is 3.18. The molecule has 0 aliphatic rings. The van der Waals surface area contributed by atoms with Crippen LogP contribution in [0.3, 0.4) is 0 Å². The minimum absolute atomic E-state index is 0.341. The van der Waals surface area contributed by atoms with Gasteiger partial charge in [0.25, 0.3) is 0 Å². The normalized spacial score (nSPS) is 12.1. The number of halogens is 1. The summed E-state index contributed by atoms with van der Waals surface area (Å²) in [4.78, 5) is 0.341. The summed E-state index contributed by atoms with van der Waals surface area (Å²) < 4.78 is 26.6. The van der Waals surface area contributed by atoms with Crippen LogP contribution < -0.4 is 0 Å². The van der Waals surface area contributed by atoms with Crippen molar-refractivity contribution in [3.8, 4) is 0 Å². The maximum Gasteiger partial charge on any atom is 0.242 e. The molecule has 1 rings (SSSR count). The summed E-state index contributed by atoms with van der Waals surface area (Å²) in [5.74, 6) is 0. The van der Waals surface area contributed by atoms with E-state index in [-0.39, 0.29) is 0 Å². The van der Waals surface area contributed by atoms with Gasteiger partial charge in [0.1, 0.15) is 0 Å². The summed E-state index contributed by atoms with van der Waals surface area (Å²) >= 11 is 3.36. The Kier molecular flexibility index (Phi) is 5.16. The molecule has 0 fully saturated rings. The second kappa shape index (κ2) is 5.98. The van der Waals surface area contributed by atoms with E-state index in [0.29, 0.717) is 11.4 Å². The number of aryl methyl sites for hydroxylation is 1. The third-order valence-electron chi connectivity index (χ3n) is 2.68. The molecule has 0 saturated carbocycles. The van der Waals surface area contributed by atoms with Gasteiger partial charge in [-0.1, -0.05) is 35.3 Å². The lowest BCUT2D eigenvalue weighted by molar-refractivity contribution is 0.459. The first-order valence-corrected chi connectivity index (χ1v) is 7.85. The van der Waals surface area contributed by atoms with Crippen LogP contribution in [0.1, 0.15) is 25.3 Å². The molecule has 0 aromatic heterocycles. The quantitative estimate of drug-likeness (QED) is 0.835. The fraction of sp³-hybridized carbons (Fsp3) is 0.500. The lowest BCUT2D eigenvalue weighted by Crippen LogP contribution is -2.27. The van der Waals surface area contributed by atoms with Gasteiger partial charge in [-0.15, -0.1) is 0 Å². The van der Waals surface area contributed by atoms with E-state index in [1.807, 2.05) is 19.9 Å². The van der Waals surface area contributed by atoms with Crippen molar-refractivity contribution in [1.29, 1.82) is 0 Å². The summed E-state index contributed by atoms with van der Waals surface area (Å²) in [6.45, 7) is 4.54. The van der Waals surface area contributed by atoms with Gasteiger partial charge >= 0.3 is 0 Å². The Morgan fingerprint density at radius 2 is 2.00 bits per heavy atom. The van der Waals surface area contributed by atoms with Crippen molar-refractivity contribution in [3.63, 3.8) is 0 Å². The molecule has 17 heavy (non-hydrogen) atoms. The van der Waals surface area contributed by atoms with Crippen molar-refractivity contribution < 1.29 is 8.42 Å². The van der Waals surface area contributed by atoms with Gasteiger partial charge in [-0.05, 0) is 31.0 Å². The Hall–Kier alpha value is -0.390. The van der Waals surface area contributed by atoms with Crippen molar-refractivity contribution in [2.45, 2.75) is 31.6 Å². The zero-order chi connectivity index (χ0) is 13.1. The molecule has 0 unspecified atom stereocenters. The molecule has 0 saturated heterocycles. The average molecular weight is 320 g/mol. The van der Waals surface area contributed by atoms with E-state index in [9.17, 15) is 8.42 Å². The number of hydrogen-bond acceptors (Lipinski definition) is 2. The first-order chi connectivity index (χ1) is 7.89. The molecule has 1 aromatic carbocycles. The van der Waals surface area contributed by atoms with Crippen LogP contribution in [0.15, 0.2) is 27.6 Å². The van der Waals surface area contributed by atoms with E-state index in [4.69, 9.17) is 0 Å². The number of benzene rings is 1. The number of unbranched alkanes of at least 4 members (excludes halogenated alkanes) is 1. The Labute approximate surface area is 112 Å². The monoisotopic (exact) mass is 319 g/mol. The van der Waals surface area contributed by atoms with Crippen molar-refractivity contribution in [2.24, 2.45) is 0 Å². The van der Waals surface area contributed by atoms with Crippen molar-refractivity contribution >= 4 is 26.0 Å². The van der Waals surface area contributed by atoms with Crippen LogP contribution in [0.25, 0.3) is 0 Å². The van der Waals surface area contributed by atoms with Gasteiger partial charge in [0.2, 0.25) is 10.0 Å². The number of nitrogens with zero attached hydrogens (tertiary/aromatic N) is 1. The first kappa shape index (κ1) is 14.7. The number of hydrogen-bond donors (Lipinski definition) is 0. The van der Waals surface area contributed by atoms with Crippen LogP contribution in [0.5, 0.6) is 0 Å². The van der Waals surface area contributed by atoms with Gasteiger partial charge in [-0.2, -0.15) is 0 Å². The van der Waals surface area contributed by atoms with Crippen LogP contribution in [-0.2, 0) is 10.0 Å². The topological polar surface area (TPSA) is 37.4 Å². The van der Waals surface area contributed by atoms with Crippen molar-refractivity contribution in [1.82, 2.24) is 4.31 Å². The Morgan fingerprint density at radius 3 is 2.53 bits per heavy atom. The van der Waals surface area contributed by atoms with Gasteiger partial charge in [0.15, 0.2) is 0 Å². The molecule has 5 heteroatoms. The first-order valence-electron chi connectivity index (χ1n) is 5.62. The predicted molar refractivity (Wildman–Crippen MR) is 73.6 cm³/mol. The van der Waals surface area contributed by atoms with Gasteiger partial charge in [-0.3, -0.25) is 0 Å². The summed E-state index contributed by atoms with van der Waals surface area (Å²) in [6.07, 6.45) is 1.86. The molecular formula is C12H18BrNO2S. The minimum Gasteiger partial charge on any atom is -0.207 e. The fourth-order valence-electron chi connectivity index (χ4n) is 1.41. The lowest BCUT2D eigenvalue weighted by atomic mass is 10.2. The summed E-state index contributed by atoms with van der Waals surface area (Å²) in [5, 5.41) is 0. The number of rotatable bonds is 5. The smallest absolute Gasteiger partial charge is 0.207 e. The molecule has 96 valence electrons. The second-order valence-electron chi connectivity index (χ2n) is 4.09. The van der Waals surface area contributed by atoms with E-state index < -0.39 is 10.0 Å². The highest BCUT2D eigenvalue weighted by Gasteiger charge is 2.20. The van der Waals surface area contributed by atoms with Crippen LogP contribution in [0.4, 0.5) is 0 Å². The van der Waals surface area contributed by atoms with Crippen molar-refractivity contribution in [3.05, 3.63) is 28.2 Å². The zero-order valence-corrected chi connectivity index (χ0v) is 12.8. The summed E-state index contributed by atoms with van der Waals surface area (Å²) in [6, 6.07) is 5.12. The molecule has 3 nitrogen and oxygen atoms in total. The fourth-order valence-corrected chi connectivity index (χ4v) is 3.18. The molecule has 0 bridgehead atoms. The molecule has 1 aromatic rings. The molecule has 0 atom stereocenters. The minimum atomic E-state index is -3.35. The van der Waals surface area contributed by atoms with Crippen molar-refractivity contribution in [2.75, 3.05) is 13.6 Å². The number of sulfonamides is 1. The highest BCUT2D eigenvalue weighted by Crippen LogP contribution is 2.22. The standard InChI is InChI=1S/C12H18BrNO2S/c1-4-5-8-14(3)17(15,16)11-7-6-10(2)12(13)9-11/h6-7,9H,4-5,8H2,1-3H3. The third kappa shape index (κ3) is 3.53. The Balaban J connectivity index is 3.00. The summed E-state index contributed by atoms with van der Waals surface area (Å²) in [7, 11) is -1.72. The highest BCUT2D eigenvalue weighted by atomic mass is 79.9. The van der Waals surface area contributed by atoms with E-state index in [1.165, 1.54) is 4.31 Å². The van der Waals surface area contributed by atoms with Gasteiger partial charge in [0, 0.05) is 18.1 Å². The average Bonchev–Trinajstić information content (AvgIpc) is 2.29. The molecule has 0 aliphatic carbocycles. The second-order valence-corrected chi connectivity index (χ2v) is 6.99. The molecule has 0 radical (unpaired) electrons. The van der Waals surface area contributed by atoms with Crippen LogP contribution in [0.2, 0.25) is 0 Å². The maximum atomic E-state index is 12.2. The van der Waals surface area contributed by atoms with Crippen LogP contribution in [0, 0.1) is 6.92 Å². The Bertz CT molecular complexity index is 485. The van der Waals surface area contributed by atoms with Gasteiger partial charge in [0.05, 0.1) is 4.90 Å². The highest BCUT2D eigenvalue weighted by molar-refractivity contribution is 9.10. The molecule has 0 N–H and O–H groups in total. The van der Waals surface area contributed by atoms with E-state index in [2.05, 4.69) is 15.9 Å². The molecule has 0 amide bonds. The van der Waals surface area contributed by atoms with E-state index >= 15 is 0 Å². The van der Waals surface area contributed by atoms with E-state index in [0.717, 1.165) is 22.9 Å². The molecule has 0 aliphatic heterocycles. The molecule has 0 spiro atoms. The third-order valence-corrected chi connectivity index (χ3v) is 5.39. The van der Waals surface area contributed by atoms with Crippen LogP contribution in [-0.4, -0.2) is 26.3 Å².